The minimum atomic E-state index is -4.33. The quantitative estimate of drug-likeness (QED) is 0.775. The van der Waals surface area contributed by atoms with Crippen molar-refractivity contribution in [3.63, 3.8) is 0 Å². The van der Waals surface area contributed by atoms with Crippen LogP contribution in [0.2, 0.25) is 0 Å². The van der Waals surface area contributed by atoms with Crippen LogP contribution < -0.4 is 10.1 Å². The van der Waals surface area contributed by atoms with E-state index >= 15 is 0 Å². The third kappa shape index (κ3) is 7.14. The van der Waals surface area contributed by atoms with Gasteiger partial charge in [-0.15, -0.1) is 0 Å². The van der Waals surface area contributed by atoms with E-state index in [0.717, 1.165) is 16.9 Å². The van der Waals surface area contributed by atoms with Crippen molar-refractivity contribution in [3.05, 3.63) is 65.2 Å². The van der Waals surface area contributed by atoms with Gasteiger partial charge in [-0.25, -0.2) is 0 Å². The molecule has 0 aliphatic carbocycles. The molecule has 1 N–H and O–H groups in total. The molecule has 1 amide bonds. The largest absolute Gasteiger partial charge is 0.497 e. The average molecular weight is 367 g/mol. The van der Waals surface area contributed by atoms with Crippen LogP contribution in [0, 0.1) is 0 Å². The molecule has 0 saturated heterocycles. The maximum atomic E-state index is 12.0. The lowest BCUT2D eigenvalue weighted by Gasteiger charge is -2.09. The summed E-state index contributed by atoms with van der Waals surface area (Å²) < 4.78 is 45.7. The van der Waals surface area contributed by atoms with Crippen molar-refractivity contribution in [1.82, 2.24) is 5.32 Å². The Kier molecular flexibility index (Phi) is 7.03. The molecule has 26 heavy (non-hydrogen) atoms. The summed E-state index contributed by atoms with van der Waals surface area (Å²) in [5.74, 6) is 0.612. The molecule has 2 aromatic carbocycles. The number of carbonyl (C=O) groups is 1. The number of halogens is 3. The molecule has 7 heteroatoms. The van der Waals surface area contributed by atoms with Crippen molar-refractivity contribution in [2.45, 2.75) is 25.7 Å². The first-order chi connectivity index (χ1) is 12.4. The zero-order chi connectivity index (χ0) is 19.0. The van der Waals surface area contributed by atoms with E-state index in [1.165, 1.54) is 0 Å². The van der Waals surface area contributed by atoms with Crippen LogP contribution in [0.3, 0.4) is 0 Å². The number of amides is 1. The SMILES string of the molecule is COc1ccc(CC(=O)NCc2ccc(COCC(F)(F)F)cc2)cc1. The number of benzene rings is 2. The first-order valence-electron chi connectivity index (χ1n) is 7.97. The molecule has 4 nitrogen and oxygen atoms in total. The number of carbonyl (C=O) groups excluding carboxylic acids is 1. The van der Waals surface area contributed by atoms with Gasteiger partial charge in [0, 0.05) is 6.54 Å². The number of hydrogen-bond acceptors (Lipinski definition) is 3. The highest BCUT2D eigenvalue weighted by atomic mass is 19.4. The van der Waals surface area contributed by atoms with Crippen molar-refractivity contribution in [1.29, 1.82) is 0 Å². The fourth-order valence-corrected chi connectivity index (χ4v) is 2.23. The van der Waals surface area contributed by atoms with Crippen molar-refractivity contribution in [2.24, 2.45) is 0 Å². The summed E-state index contributed by atoms with van der Waals surface area (Å²) in [5, 5.41) is 2.81. The third-order valence-electron chi connectivity index (χ3n) is 3.57. The van der Waals surface area contributed by atoms with Crippen molar-refractivity contribution in [2.75, 3.05) is 13.7 Å². The fraction of sp³-hybridized carbons (Fsp3) is 0.316. The molecule has 140 valence electrons. The first-order valence-corrected chi connectivity index (χ1v) is 7.97. The molecule has 0 aliphatic rings. The van der Waals surface area contributed by atoms with Gasteiger partial charge in [-0.05, 0) is 28.8 Å². The maximum Gasteiger partial charge on any atom is 0.411 e. The summed E-state index contributed by atoms with van der Waals surface area (Å²) in [4.78, 5) is 12.0. The van der Waals surface area contributed by atoms with Gasteiger partial charge in [0.15, 0.2) is 0 Å². The molecule has 0 aromatic heterocycles. The Morgan fingerprint density at radius 3 is 2.12 bits per heavy atom. The van der Waals surface area contributed by atoms with Crippen LogP contribution in [0.15, 0.2) is 48.5 Å². The standard InChI is InChI=1S/C19H20F3NO3/c1-25-17-8-6-14(7-9-17)10-18(24)23-11-15-2-4-16(5-3-15)12-26-13-19(20,21)22/h2-9H,10-13H2,1H3,(H,23,24). The maximum absolute atomic E-state index is 12.0. The minimum Gasteiger partial charge on any atom is -0.497 e. The molecule has 2 aromatic rings. The number of methoxy groups -OCH3 is 1. The van der Waals surface area contributed by atoms with E-state index in [1.54, 1.807) is 43.5 Å². The zero-order valence-electron chi connectivity index (χ0n) is 14.3. The molecule has 0 radical (unpaired) electrons. The molecule has 0 bridgehead atoms. The molecular formula is C19H20F3NO3. The minimum absolute atomic E-state index is 0.108. The Labute approximate surface area is 149 Å². The molecule has 2 rings (SSSR count). The Hall–Kier alpha value is -2.54. The van der Waals surface area contributed by atoms with Gasteiger partial charge in [-0.1, -0.05) is 36.4 Å². The van der Waals surface area contributed by atoms with Crippen LogP contribution in [0.4, 0.5) is 13.2 Å². The monoisotopic (exact) mass is 367 g/mol. The molecule has 0 atom stereocenters. The fourth-order valence-electron chi connectivity index (χ4n) is 2.23. The van der Waals surface area contributed by atoms with Gasteiger partial charge >= 0.3 is 6.18 Å². The van der Waals surface area contributed by atoms with Gasteiger partial charge in [-0.2, -0.15) is 13.2 Å². The van der Waals surface area contributed by atoms with Crippen molar-refractivity contribution < 1.29 is 27.4 Å². The van der Waals surface area contributed by atoms with Gasteiger partial charge in [0.1, 0.15) is 12.4 Å². The van der Waals surface area contributed by atoms with E-state index in [4.69, 9.17) is 4.74 Å². The number of nitrogens with one attached hydrogen (secondary N) is 1. The Morgan fingerprint density at radius 2 is 1.54 bits per heavy atom. The number of alkyl halides is 3. The average Bonchev–Trinajstić information content (AvgIpc) is 2.61. The lowest BCUT2D eigenvalue weighted by atomic mass is 10.1. The zero-order valence-corrected chi connectivity index (χ0v) is 14.3. The van der Waals surface area contributed by atoms with Gasteiger partial charge in [0.05, 0.1) is 20.1 Å². The highest BCUT2D eigenvalue weighted by Crippen LogP contribution is 2.16. The van der Waals surface area contributed by atoms with Crippen LogP contribution in [0.5, 0.6) is 5.75 Å². The van der Waals surface area contributed by atoms with E-state index in [1.807, 2.05) is 12.1 Å². The topological polar surface area (TPSA) is 47.6 Å². The van der Waals surface area contributed by atoms with Crippen molar-refractivity contribution in [3.8, 4) is 5.75 Å². The third-order valence-corrected chi connectivity index (χ3v) is 3.57. The van der Waals surface area contributed by atoms with E-state index in [9.17, 15) is 18.0 Å². The highest BCUT2D eigenvalue weighted by molar-refractivity contribution is 5.78. The first kappa shape index (κ1) is 19.8. The van der Waals surface area contributed by atoms with Crippen LogP contribution >= 0.6 is 0 Å². The highest BCUT2D eigenvalue weighted by Gasteiger charge is 2.27. The normalized spacial score (nSPS) is 11.2. The lowest BCUT2D eigenvalue weighted by molar-refractivity contribution is -0.176. The number of rotatable bonds is 8. The second-order valence-electron chi connectivity index (χ2n) is 5.73. The smallest absolute Gasteiger partial charge is 0.411 e. The van der Waals surface area contributed by atoms with E-state index in [-0.39, 0.29) is 18.9 Å². The van der Waals surface area contributed by atoms with E-state index in [2.05, 4.69) is 10.1 Å². The van der Waals surface area contributed by atoms with Gasteiger partial charge in [0.25, 0.3) is 0 Å². The molecule has 0 unspecified atom stereocenters. The molecule has 0 heterocycles. The predicted molar refractivity (Wildman–Crippen MR) is 90.7 cm³/mol. The van der Waals surface area contributed by atoms with Gasteiger partial charge in [-0.3, -0.25) is 4.79 Å². The Bertz CT molecular complexity index is 697. The van der Waals surface area contributed by atoms with Crippen molar-refractivity contribution >= 4 is 5.91 Å². The van der Waals surface area contributed by atoms with Crippen LogP contribution in [0.1, 0.15) is 16.7 Å². The second kappa shape index (κ2) is 9.24. The summed E-state index contributed by atoms with van der Waals surface area (Å²) >= 11 is 0. The Balaban J connectivity index is 1.75. The lowest BCUT2D eigenvalue weighted by Crippen LogP contribution is -2.24. The summed E-state index contributed by atoms with van der Waals surface area (Å²) in [5.41, 5.74) is 2.37. The molecular weight excluding hydrogens is 347 g/mol. The summed E-state index contributed by atoms with van der Waals surface area (Å²) in [7, 11) is 1.58. The summed E-state index contributed by atoms with van der Waals surface area (Å²) in [6.07, 6.45) is -4.07. The van der Waals surface area contributed by atoms with Crippen LogP contribution in [-0.4, -0.2) is 25.8 Å². The van der Waals surface area contributed by atoms with E-state index in [0.29, 0.717) is 12.1 Å². The number of hydrogen-bond donors (Lipinski definition) is 1. The molecule has 0 spiro atoms. The predicted octanol–water partition coefficient (Wildman–Crippen LogP) is 3.63. The second-order valence-corrected chi connectivity index (χ2v) is 5.73. The summed E-state index contributed by atoms with van der Waals surface area (Å²) in [6, 6.07) is 14.1. The van der Waals surface area contributed by atoms with E-state index < -0.39 is 12.8 Å². The summed E-state index contributed by atoms with van der Waals surface area (Å²) in [6.45, 7) is -1.03. The molecule has 0 saturated carbocycles. The van der Waals surface area contributed by atoms with Crippen LogP contribution in [0.25, 0.3) is 0 Å². The molecule has 0 fully saturated rings. The Morgan fingerprint density at radius 1 is 0.962 bits per heavy atom. The molecule has 0 aliphatic heterocycles. The number of ether oxygens (including phenoxy) is 2. The van der Waals surface area contributed by atoms with Crippen LogP contribution in [-0.2, 0) is 29.1 Å². The van der Waals surface area contributed by atoms with Gasteiger partial charge < -0.3 is 14.8 Å². The van der Waals surface area contributed by atoms with Gasteiger partial charge in [0.2, 0.25) is 5.91 Å².